The fourth-order valence-corrected chi connectivity index (χ4v) is 3.83. The van der Waals surface area contributed by atoms with E-state index in [2.05, 4.69) is 0 Å². The number of allylic oxidation sites excluding steroid dienone is 2. The highest BCUT2D eigenvalue weighted by atomic mass is 32.2. The molecule has 0 fully saturated rings. The predicted octanol–water partition coefficient (Wildman–Crippen LogP) is 2.88. The Labute approximate surface area is 146 Å². The zero-order valence-corrected chi connectivity index (χ0v) is 14.2. The van der Waals surface area contributed by atoms with Crippen molar-refractivity contribution in [3.8, 4) is 0 Å². The Morgan fingerprint density at radius 3 is 2.12 bits per heavy atom. The quantitative estimate of drug-likeness (QED) is 0.784. The van der Waals surface area contributed by atoms with Crippen LogP contribution in [0.3, 0.4) is 0 Å². The molecule has 0 bridgehead atoms. The maximum atomic E-state index is 13.1. The van der Waals surface area contributed by atoms with E-state index in [-0.39, 0.29) is 27.5 Å². The molecule has 0 saturated heterocycles. The number of ether oxygens (including phenoxy) is 2. The van der Waals surface area contributed by atoms with E-state index in [0.717, 1.165) is 0 Å². The molecule has 0 aliphatic heterocycles. The molecular weight excluding hydrogens is 347 g/mol. The lowest BCUT2D eigenvalue weighted by Crippen LogP contribution is -2.26. The van der Waals surface area contributed by atoms with Crippen LogP contribution in [0.5, 0.6) is 0 Å². The molecular formula is C18H13FO5S. The minimum atomic E-state index is -1.77. The Morgan fingerprint density at radius 1 is 0.920 bits per heavy atom. The second-order valence-electron chi connectivity index (χ2n) is 5.13. The Bertz CT molecular complexity index is 889. The minimum Gasteiger partial charge on any atom is -0.606 e. The van der Waals surface area contributed by atoms with Crippen molar-refractivity contribution in [1.82, 2.24) is 0 Å². The molecule has 1 unspecified atom stereocenters. The van der Waals surface area contributed by atoms with E-state index < -0.39 is 28.6 Å². The topological polar surface area (TPSA) is 75.7 Å². The average Bonchev–Trinajstić information content (AvgIpc) is 2.63. The third kappa shape index (κ3) is 2.81. The summed E-state index contributed by atoms with van der Waals surface area (Å²) in [5, 5.41) is 0. The Balaban J connectivity index is 2.16. The molecule has 25 heavy (non-hydrogen) atoms. The third-order valence-corrected chi connectivity index (χ3v) is 5.19. The van der Waals surface area contributed by atoms with Crippen LogP contribution in [0.25, 0.3) is 0 Å². The number of hydrogen-bond acceptors (Lipinski definition) is 5. The van der Waals surface area contributed by atoms with E-state index in [1.54, 1.807) is 0 Å². The maximum absolute atomic E-state index is 13.1. The Morgan fingerprint density at radius 2 is 1.52 bits per heavy atom. The van der Waals surface area contributed by atoms with Gasteiger partial charge in [-0.05, 0) is 36.4 Å². The van der Waals surface area contributed by atoms with Crippen molar-refractivity contribution in [1.29, 1.82) is 0 Å². The van der Waals surface area contributed by atoms with Gasteiger partial charge in [-0.2, -0.15) is 0 Å². The van der Waals surface area contributed by atoms with Crippen LogP contribution in [0.15, 0.2) is 63.8 Å². The lowest BCUT2D eigenvalue weighted by atomic mass is 9.92. The molecule has 2 aromatic rings. The van der Waals surface area contributed by atoms with Gasteiger partial charge in [-0.15, -0.1) is 0 Å². The van der Waals surface area contributed by atoms with Crippen molar-refractivity contribution >= 4 is 22.7 Å². The largest absolute Gasteiger partial charge is 0.606 e. The van der Waals surface area contributed by atoms with E-state index in [9.17, 15) is 18.5 Å². The van der Waals surface area contributed by atoms with E-state index >= 15 is 0 Å². The standard InChI is InChI=1S/C18H13FO5S/c1-23-17-15(20)12-4-3-5-13(14(12)16(21)18(17)24-2)25(22)11-8-6-10(19)7-9-11/h3-9H,1-2H3. The number of halogens is 1. The summed E-state index contributed by atoms with van der Waals surface area (Å²) in [5.41, 5.74) is 0.100. The molecule has 0 amide bonds. The van der Waals surface area contributed by atoms with E-state index in [1.165, 1.54) is 56.7 Å². The maximum Gasteiger partial charge on any atom is 0.237 e. The second-order valence-corrected chi connectivity index (χ2v) is 6.57. The van der Waals surface area contributed by atoms with Gasteiger partial charge in [0.25, 0.3) is 0 Å². The van der Waals surface area contributed by atoms with Gasteiger partial charge in [-0.3, -0.25) is 9.59 Å². The molecule has 0 aromatic heterocycles. The fraction of sp³-hybridized carbons (Fsp3) is 0.111. The molecule has 128 valence electrons. The van der Waals surface area contributed by atoms with Gasteiger partial charge in [-0.25, -0.2) is 4.39 Å². The normalized spacial score (nSPS) is 15.0. The highest BCUT2D eigenvalue weighted by molar-refractivity contribution is 7.91. The smallest absolute Gasteiger partial charge is 0.237 e. The number of benzene rings is 2. The van der Waals surface area contributed by atoms with Crippen molar-refractivity contribution in [2.75, 3.05) is 14.2 Å². The summed E-state index contributed by atoms with van der Waals surface area (Å²) in [7, 11) is 2.52. The van der Waals surface area contributed by atoms with Crippen LogP contribution in [0.4, 0.5) is 4.39 Å². The van der Waals surface area contributed by atoms with Crippen molar-refractivity contribution in [2.45, 2.75) is 9.79 Å². The van der Waals surface area contributed by atoms with Gasteiger partial charge in [0.1, 0.15) is 5.82 Å². The number of rotatable bonds is 4. The number of fused-ring (bicyclic) bond motifs is 1. The SMILES string of the molecule is COC1=C(OC)C(=O)c2c(cccc2[S+]([O-])c2ccc(F)cc2)C1=O. The zero-order valence-electron chi connectivity index (χ0n) is 13.4. The molecule has 5 nitrogen and oxygen atoms in total. The van der Waals surface area contributed by atoms with Crippen molar-refractivity contribution in [3.63, 3.8) is 0 Å². The molecule has 0 N–H and O–H groups in total. The number of carbonyl (C=O) groups excluding carboxylic acids is 2. The highest BCUT2D eigenvalue weighted by Crippen LogP contribution is 2.34. The van der Waals surface area contributed by atoms with Gasteiger partial charge in [-0.1, -0.05) is 6.07 Å². The van der Waals surface area contributed by atoms with Gasteiger partial charge >= 0.3 is 0 Å². The summed E-state index contributed by atoms with van der Waals surface area (Å²) in [5.74, 6) is -1.99. The Hall–Kier alpha value is -2.64. The van der Waals surface area contributed by atoms with Crippen LogP contribution < -0.4 is 0 Å². The molecule has 1 aliphatic rings. The molecule has 2 aromatic carbocycles. The molecule has 7 heteroatoms. The number of carbonyl (C=O) groups is 2. The average molecular weight is 360 g/mol. The van der Waals surface area contributed by atoms with Crippen LogP contribution in [0.1, 0.15) is 20.7 Å². The summed E-state index contributed by atoms with van der Waals surface area (Å²) in [6.45, 7) is 0. The van der Waals surface area contributed by atoms with Crippen molar-refractivity contribution in [2.24, 2.45) is 0 Å². The van der Waals surface area contributed by atoms with Crippen molar-refractivity contribution < 1.29 is 28.0 Å². The van der Waals surface area contributed by atoms with Crippen LogP contribution in [0.2, 0.25) is 0 Å². The number of methoxy groups -OCH3 is 2. The van der Waals surface area contributed by atoms with E-state index in [0.29, 0.717) is 4.90 Å². The van der Waals surface area contributed by atoms with Crippen LogP contribution in [-0.2, 0) is 20.6 Å². The first kappa shape index (κ1) is 17.2. The molecule has 0 spiro atoms. The molecule has 0 saturated carbocycles. The number of ketones is 2. The molecule has 3 rings (SSSR count). The van der Waals surface area contributed by atoms with Crippen LogP contribution in [-0.4, -0.2) is 30.3 Å². The first-order chi connectivity index (χ1) is 12.0. The molecule has 1 atom stereocenters. The minimum absolute atomic E-state index is 0.00723. The van der Waals surface area contributed by atoms with Gasteiger partial charge < -0.3 is 14.0 Å². The second kappa shape index (κ2) is 6.70. The first-order valence-corrected chi connectivity index (χ1v) is 8.36. The third-order valence-electron chi connectivity index (χ3n) is 3.75. The summed E-state index contributed by atoms with van der Waals surface area (Å²) in [4.78, 5) is 25.8. The van der Waals surface area contributed by atoms with Crippen LogP contribution in [0, 0.1) is 5.82 Å². The predicted molar refractivity (Wildman–Crippen MR) is 87.2 cm³/mol. The summed E-state index contributed by atoms with van der Waals surface area (Å²) in [6, 6.07) is 9.59. The lowest BCUT2D eigenvalue weighted by Gasteiger charge is -2.21. The van der Waals surface area contributed by atoms with Gasteiger partial charge in [0.05, 0.1) is 19.8 Å². The monoisotopic (exact) mass is 360 g/mol. The highest BCUT2D eigenvalue weighted by Gasteiger charge is 2.39. The molecule has 1 aliphatic carbocycles. The Kier molecular flexibility index (Phi) is 4.61. The van der Waals surface area contributed by atoms with Gasteiger partial charge in [0.15, 0.2) is 9.79 Å². The summed E-state index contributed by atoms with van der Waals surface area (Å²) in [6.07, 6.45) is 0. The first-order valence-electron chi connectivity index (χ1n) is 7.21. The molecule has 0 heterocycles. The fourth-order valence-electron chi connectivity index (χ4n) is 2.61. The summed E-state index contributed by atoms with van der Waals surface area (Å²) >= 11 is -1.77. The number of Topliss-reactive ketones (excluding diaryl/α,β-unsaturated/α-hetero) is 2. The molecule has 0 radical (unpaired) electrons. The van der Waals surface area contributed by atoms with Crippen molar-refractivity contribution in [3.05, 3.63) is 70.9 Å². The zero-order chi connectivity index (χ0) is 18.1. The lowest BCUT2D eigenvalue weighted by molar-refractivity contribution is 0.0826. The number of hydrogen-bond donors (Lipinski definition) is 0. The van der Waals surface area contributed by atoms with E-state index in [1.807, 2.05) is 0 Å². The van der Waals surface area contributed by atoms with Gasteiger partial charge in [0, 0.05) is 16.7 Å². The van der Waals surface area contributed by atoms with E-state index in [4.69, 9.17) is 9.47 Å². The summed E-state index contributed by atoms with van der Waals surface area (Å²) < 4.78 is 36.0. The van der Waals surface area contributed by atoms with Gasteiger partial charge in [0.2, 0.25) is 23.1 Å². The van der Waals surface area contributed by atoms with Crippen LogP contribution >= 0.6 is 0 Å².